The van der Waals surface area contributed by atoms with Crippen molar-refractivity contribution in [1.82, 2.24) is 0 Å². The Bertz CT molecular complexity index is 155. The molecular formula is C16H29. The van der Waals surface area contributed by atoms with E-state index in [1.165, 1.54) is 64.2 Å². The summed E-state index contributed by atoms with van der Waals surface area (Å²) < 4.78 is 0. The Morgan fingerprint density at radius 3 is 1.88 bits per heavy atom. The summed E-state index contributed by atoms with van der Waals surface area (Å²) in [4.78, 5) is 0. The molecule has 0 aliphatic heterocycles. The van der Waals surface area contributed by atoms with E-state index in [0.717, 1.165) is 0 Å². The van der Waals surface area contributed by atoms with Crippen LogP contribution in [-0.2, 0) is 0 Å². The number of allylic oxidation sites excluding steroid dienone is 3. The van der Waals surface area contributed by atoms with E-state index in [1.807, 2.05) is 6.08 Å². The van der Waals surface area contributed by atoms with Gasteiger partial charge in [-0.05, 0) is 39.0 Å². The van der Waals surface area contributed by atoms with E-state index in [2.05, 4.69) is 32.1 Å². The Kier molecular flexibility index (Phi) is 14.0. The largest absolute Gasteiger partial charge is 0.103 e. The van der Waals surface area contributed by atoms with Crippen LogP contribution < -0.4 is 0 Å². The Hall–Kier alpha value is -0.520. The molecular weight excluding hydrogens is 192 g/mol. The van der Waals surface area contributed by atoms with Crippen LogP contribution >= 0.6 is 0 Å². The van der Waals surface area contributed by atoms with Crippen LogP contribution in [0.1, 0.15) is 71.1 Å². The zero-order valence-corrected chi connectivity index (χ0v) is 11.1. The molecule has 0 aromatic carbocycles. The molecule has 0 aromatic heterocycles. The lowest BCUT2D eigenvalue weighted by molar-refractivity contribution is 0.634. The van der Waals surface area contributed by atoms with Crippen molar-refractivity contribution in [2.24, 2.45) is 0 Å². The Labute approximate surface area is 103 Å². The maximum Gasteiger partial charge on any atom is -0.0351 e. The van der Waals surface area contributed by atoms with E-state index in [4.69, 9.17) is 0 Å². The molecule has 0 heteroatoms. The third kappa shape index (κ3) is 13.5. The van der Waals surface area contributed by atoms with Crippen LogP contribution in [0.15, 0.2) is 24.8 Å². The molecule has 0 rings (SSSR count). The molecule has 0 bridgehead atoms. The highest BCUT2D eigenvalue weighted by Crippen LogP contribution is 2.10. The standard InChI is InChI=1S/C16H29/c1-3-5-7-9-11-13-15-16-14-12-10-8-6-4-2/h3-4,6,15H,1,5,7-14,16H2,2H3. The molecule has 0 aromatic rings. The first-order valence-corrected chi connectivity index (χ1v) is 6.95. The fourth-order valence-corrected chi connectivity index (χ4v) is 1.79. The highest BCUT2D eigenvalue weighted by molar-refractivity contribution is 4.76. The van der Waals surface area contributed by atoms with Gasteiger partial charge in [0.25, 0.3) is 0 Å². The molecule has 0 fully saturated rings. The number of rotatable bonds is 12. The zero-order chi connectivity index (χ0) is 11.9. The van der Waals surface area contributed by atoms with Crippen molar-refractivity contribution in [2.45, 2.75) is 71.1 Å². The summed E-state index contributed by atoms with van der Waals surface area (Å²) in [6, 6.07) is 0. The second kappa shape index (κ2) is 14.5. The van der Waals surface area contributed by atoms with Crippen molar-refractivity contribution in [3.05, 3.63) is 31.2 Å². The second-order valence-corrected chi connectivity index (χ2v) is 4.42. The first-order chi connectivity index (χ1) is 7.91. The summed E-state index contributed by atoms with van der Waals surface area (Å²) in [6.45, 7) is 5.83. The molecule has 0 heterocycles. The molecule has 0 saturated carbocycles. The predicted molar refractivity (Wildman–Crippen MR) is 75.5 cm³/mol. The molecule has 0 N–H and O–H groups in total. The zero-order valence-electron chi connectivity index (χ0n) is 11.1. The lowest BCUT2D eigenvalue weighted by Gasteiger charge is -2.00. The van der Waals surface area contributed by atoms with Gasteiger partial charge < -0.3 is 0 Å². The summed E-state index contributed by atoms with van der Waals surface area (Å²) in [5.74, 6) is 0. The van der Waals surface area contributed by atoms with Gasteiger partial charge in [0.2, 0.25) is 0 Å². The number of hydrogen-bond donors (Lipinski definition) is 0. The van der Waals surface area contributed by atoms with Crippen LogP contribution in [0.25, 0.3) is 0 Å². The Morgan fingerprint density at radius 2 is 1.31 bits per heavy atom. The summed E-state index contributed by atoms with van der Waals surface area (Å²) in [6.07, 6.45) is 22.2. The molecule has 93 valence electrons. The number of unbranched alkanes of at least 4 members (excludes halogenated alkanes) is 10. The minimum atomic E-state index is 1.19. The fourth-order valence-electron chi connectivity index (χ4n) is 1.79. The van der Waals surface area contributed by atoms with E-state index in [1.54, 1.807) is 0 Å². The molecule has 0 saturated heterocycles. The first-order valence-electron chi connectivity index (χ1n) is 6.95. The fraction of sp³-hybridized carbons (Fsp3) is 0.688. The quantitative estimate of drug-likeness (QED) is 0.286. The van der Waals surface area contributed by atoms with Crippen molar-refractivity contribution in [2.75, 3.05) is 0 Å². The molecule has 0 amide bonds. The molecule has 16 heavy (non-hydrogen) atoms. The topological polar surface area (TPSA) is 0 Å². The highest BCUT2D eigenvalue weighted by atomic mass is 14.0. The van der Waals surface area contributed by atoms with Gasteiger partial charge in [-0.1, -0.05) is 56.8 Å². The van der Waals surface area contributed by atoms with Crippen molar-refractivity contribution < 1.29 is 0 Å². The van der Waals surface area contributed by atoms with E-state index in [0.29, 0.717) is 0 Å². The maximum atomic E-state index is 3.74. The number of hydrogen-bond acceptors (Lipinski definition) is 0. The Balaban J connectivity index is 2.90. The van der Waals surface area contributed by atoms with Crippen LogP contribution in [0, 0.1) is 6.42 Å². The van der Waals surface area contributed by atoms with Crippen molar-refractivity contribution in [3.63, 3.8) is 0 Å². The third-order valence-electron chi connectivity index (χ3n) is 2.83. The molecule has 1 radical (unpaired) electrons. The SMILES string of the molecule is C=CCCCCC[CH]CCCCCC=CC. The molecule has 0 nitrogen and oxygen atoms in total. The van der Waals surface area contributed by atoms with Crippen LogP contribution in [0.4, 0.5) is 0 Å². The van der Waals surface area contributed by atoms with Gasteiger partial charge in [0.05, 0.1) is 0 Å². The van der Waals surface area contributed by atoms with Crippen molar-refractivity contribution in [1.29, 1.82) is 0 Å². The monoisotopic (exact) mass is 221 g/mol. The van der Waals surface area contributed by atoms with Gasteiger partial charge in [-0.3, -0.25) is 0 Å². The minimum absolute atomic E-state index is 1.19. The van der Waals surface area contributed by atoms with Gasteiger partial charge >= 0.3 is 0 Å². The average Bonchev–Trinajstić information content (AvgIpc) is 2.31. The van der Waals surface area contributed by atoms with Crippen molar-refractivity contribution in [3.8, 4) is 0 Å². The smallest absolute Gasteiger partial charge is 0.0351 e. The minimum Gasteiger partial charge on any atom is -0.103 e. The van der Waals surface area contributed by atoms with E-state index < -0.39 is 0 Å². The van der Waals surface area contributed by atoms with Gasteiger partial charge in [0.15, 0.2) is 0 Å². The van der Waals surface area contributed by atoms with Gasteiger partial charge in [-0.25, -0.2) is 0 Å². The summed E-state index contributed by atoms with van der Waals surface area (Å²) in [7, 11) is 0. The van der Waals surface area contributed by atoms with E-state index in [9.17, 15) is 0 Å². The first kappa shape index (κ1) is 15.5. The average molecular weight is 221 g/mol. The van der Waals surface area contributed by atoms with E-state index >= 15 is 0 Å². The molecule has 0 unspecified atom stereocenters. The molecule has 0 atom stereocenters. The van der Waals surface area contributed by atoms with Gasteiger partial charge in [0.1, 0.15) is 0 Å². The second-order valence-electron chi connectivity index (χ2n) is 4.42. The summed E-state index contributed by atoms with van der Waals surface area (Å²) in [5, 5.41) is 0. The van der Waals surface area contributed by atoms with Crippen LogP contribution in [-0.4, -0.2) is 0 Å². The molecule has 0 spiro atoms. The normalized spacial score (nSPS) is 11.1. The van der Waals surface area contributed by atoms with Gasteiger partial charge in [-0.2, -0.15) is 0 Å². The summed E-state index contributed by atoms with van der Waals surface area (Å²) >= 11 is 0. The lowest BCUT2D eigenvalue weighted by atomic mass is 10.1. The van der Waals surface area contributed by atoms with Crippen LogP contribution in [0.5, 0.6) is 0 Å². The maximum absolute atomic E-state index is 3.74. The molecule has 0 aliphatic rings. The van der Waals surface area contributed by atoms with Crippen LogP contribution in [0.2, 0.25) is 0 Å². The van der Waals surface area contributed by atoms with Gasteiger partial charge in [0, 0.05) is 0 Å². The van der Waals surface area contributed by atoms with Crippen molar-refractivity contribution >= 4 is 0 Å². The summed E-state index contributed by atoms with van der Waals surface area (Å²) in [5.41, 5.74) is 0. The molecule has 0 aliphatic carbocycles. The third-order valence-corrected chi connectivity index (χ3v) is 2.83. The Morgan fingerprint density at radius 1 is 0.750 bits per heavy atom. The predicted octanol–water partition coefficient (Wildman–Crippen LogP) is 5.85. The lowest BCUT2D eigenvalue weighted by Crippen LogP contribution is -1.82. The van der Waals surface area contributed by atoms with Crippen LogP contribution in [0.3, 0.4) is 0 Å². The highest BCUT2D eigenvalue weighted by Gasteiger charge is 1.92. The van der Waals surface area contributed by atoms with Gasteiger partial charge in [-0.15, -0.1) is 6.58 Å². The van der Waals surface area contributed by atoms with E-state index in [-0.39, 0.29) is 0 Å².